The van der Waals surface area contributed by atoms with Gasteiger partial charge in [-0.3, -0.25) is 0 Å². The number of hydrogen-bond donors (Lipinski definition) is 1. The van der Waals surface area contributed by atoms with Crippen LogP contribution in [-0.4, -0.2) is 22.4 Å². The molecule has 2 aromatic rings. The normalized spacial score (nSPS) is 11.3. The Morgan fingerprint density at radius 3 is 2.74 bits per heavy atom. The van der Waals surface area contributed by atoms with Crippen molar-refractivity contribution in [3.8, 4) is 5.69 Å². The zero-order valence-electron chi connectivity index (χ0n) is 10.8. The Morgan fingerprint density at radius 1 is 1.32 bits per heavy atom. The van der Waals surface area contributed by atoms with Crippen molar-refractivity contribution in [3.63, 3.8) is 0 Å². The van der Waals surface area contributed by atoms with E-state index in [0.29, 0.717) is 11.9 Å². The number of rotatable bonds is 3. The van der Waals surface area contributed by atoms with Crippen molar-refractivity contribution in [2.24, 2.45) is 4.99 Å². The Hall–Kier alpha value is -2.43. The summed E-state index contributed by atoms with van der Waals surface area (Å²) in [6.07, 6.45) is 4.24. The number of amides is 2. The predicted molar refractivity (Wildman–Crippen MR) is 72.8 cm³/mol. The third-order valence-electron chi connectivity index (χ3n) is 2.48. The fourth-order valence-electron chi connectivity index (χ4n) is 1.54. The highest BCUT2D eigenvalue weighted by atomic mass is 16.2. The van der Waals surface area contributed by atoms with Crippen molar-refractivity contribution in [1.29, 1.82) is 0 Å². The van der Waals surface area contributed by atoms with Crippen LogP contribution in [0.3, 0.4) is 0 Å². The van der Waals surface area contributed by atoms with Crippen LogP contribution in [-0.2, 0) is 0 Å². The molecule has 1 aromatic carbocycles. The average molecular weight is 256 g/mol. The second kappa shape index (κ2) is 6.49. The smallest absolute Gasteiger partial charge is 0.336 e. The van der Waals surface area contributed by atoms with Gasteiger partial charge in [-0.1, -0.05) is 25.1 Å². The van der Waals surface area contributed by atoms with E-state index in [2.05, 4.69) is 15.4 Å². The Bertz CT molecular complexity index is 584. The SMILES string of the molecule is CCCNC(=O)N=c1ccn(-c2ccccc2)nc1. The van der Waals surface area contributed by atoms with E-state index in [-0.39, 0.29) is 6.03 Å². The second-order valence-corrected chi connectivity index (χ2v) is 4.01. The molecule has 0 spiro atoms. The fraction of sp³-hybridized carbons (Fsp3) is 0.214. The van der Waals surface area contributed by atoms with E-state index in [0.717, 1.165) is 12.1 Å². The first-order valence-electron chi connectivity index (χ1n) is 6.22. The molecule has 0 fully saturated rings. The molecule has 0 aliphatic carbocycles. The molecule has 0 bridgehead atoms. The highest BCUT2D eigenvalue weighted by molar-refractivity contribution is 5.74. The van der Waals surface area contributed by atoms with E-state index in [4.69, 9.17) is 0 Å². The van der Waals surface area contributed by atoms with Crippen LogP contribution in [0.5, 0.6) is 0 Å². The van der Waals surface area contributed by atoms with Crippen molar-refractivity contribution in [2.75, 3.05) is 6.54 Å². The lowest BCUT2D eigenvalue weighted by atomic mass is 10.3. The topological polar surface area (TPSA) is 59.3 Å². The lowest BCUT2D eigenvalue weighted by Gasteiger charge is -2.03. The highest BCUT2D eigenvalue weighted by Crippen LogP contribution is 2.02. The first kappa shape index (κ1) is 13.0. The van der Waals surface area contributed by atoms with Crippen LogP contribution in [0.4, 0.5) is 4.79 Å². The second-order valence-electron chi connectivity index (χ2n) is 4.01. The molecule has 1 aromatic heterocycles. The number of carbonyl (C=O) groups is 1. The first-order chi connectivity index (χ1) is 9.29. The third kappa shape index (κ3) is 3.77. The minimum Gasteiger partial charge on any atom is -0.336 e. The van der Waals surface area contributed by atoms with Crippen LogP contribution in [0.2, 0.25) is 0 Å². The predicted octanol–water partition coefficient (Wildman–Crippen LogP) is 1.89. The molecule has 0 aliphatic heterocycles. The number of carbonyl (C=O) groups excluding carboxylic acids is 1. The van der Waals surface area contributed by atoms with Gasteiger partial charge in [0.15, 0.2) is 0 Å². The molecule has 5 nitrogen and oxygen atoms in total. The summed E-state index contributed by atoms with van der Waals surface area (Å²) in [5.74, 6) is 0. The minimum atomic E-state index is -0.332. The van der Waals surface area contributed by atoms with E-state index >= 15 is 0 Å². The largest absolute Gasteiger partial charge is 0.341 e. The molecule has 5 heteroatoms. The molecule has 1 heterocycles. The van der Waals surface area contributed by atoms with E-state index in [9.17, 15) is 4.79 Å². The molecular formula is C14H16N4O. The summed E-state index contributed by atoms with van der Waals surface area (Å²) in [4.78, 5) is 15.3. The van der Waals surface area contributed by atoms with Gasteiger partial charge >= 0.3 is 6.03 Å². The van der Waals surface area contributed by atoms with Crippen molar-refractivity contribution in [2.45, 2.75) is 13.3 Å². The fourth-order valence-corrected chi connectivity index (χ4v) is 1.54. The summed E-state index contributed by atoms with van der Waals surface area (Å²) in [5.41, 5.74) is 0.962. The maximum absolute atomic E-state index is 11.4. The van der Waals surface area contributed by atoms with Crippen molar-refractivity contribution >= 4 is 6.03 Å². The Kier molecular flexibility index (Phi) is 4.44. The number of hydrogen-bond acceptors (Lipinski definition) is 2. The number of benzene rings is 1. The Labute approximate surface area is 111 Å². The molecule has 0 radical (unpaired) electrons. The van der Waals surface area contributed by atoms with Gasteiger partial charge in [0, 0.05) is 12.7 Å². The molecule has 98 valence electrons. The van der Waals surface area contributed by atoms with Gasteiger partial charge < -0.3 is 5.32 Å². The van der Waals surface area contributed by atoms with Gasteiger partial charge in [0.2, 0.25) is 0 Å². The molecule has 0 atom stereocenters. The van der Waals surface area contributed by atoms with E-state index in [1.807, 2.05) is 37.3 Å². The number of aromatic nitrogens is 2. The molecule has 1 N–H and O–H groups in total. The summed E-state index contributed by atoms with van der Waals surface area (Å²) in [5, 5.41) is 7.45. The van der Waals surface area contributed by atoms with Crippen LogP contribution >= 0.6 is 0 Å². The third-order valence-corrected chi connectivity index (χ3v) is 2.48. The van der Waals surface area contributed by atoms with Gasteiger partial charge in [0.1, 0.15) is 0 Å². The summed E-state index contributed by atoms with van der Waals surface area (Å²) in [6.45, 7) is 2.62. The molecular weight excluding hydrogens is 240 g/mol. The number of nitrogens with zero attached hydrogens (tertiary/aromatic N) is 3. The maximum atomic E-state index is 11.4. The molecule has 19 heavy (non-hydrogen) atoms. The quantitative estimate of drug-likeness (QED) is 0.911. The van der Waals surface area contributed by atoms with Gasteiger partial charge in [-0.15, -0.1) is 0 Å². The van der Waals surface area contributed by atoms with Crippen molar-refractivity contribution in [3.05, 3.63) is 54.1 Å². The van der Waals surface area contributed by atoms with E-state index < -0.39 is 0 Å². The Balaban J connectivity index is 2.15. The van der Waals surface area contributed by atoms with Crippen molar-refractivity contribution in [1.82, 2.24) is 15.1 Å². The molecule has 0 saturated heterocycles. The molecule has 0 aliphatic rings. The van der Waals surface area contributed by atoms with Crippen LogP contribution in [0.1, 0.15) is 13.3 Å². The van der Waals surface area contributed by atoms with Gasteiger partial charge in [-0.05, 0) is 24.6 Å². The molecule has 2 rings (SSSR count). The molecule has 0 saturated carbocycles. The summed E-state index contributed by atoms with van der Waals surface area (Å²) >= 11 is 0. The first-order valence-corrected chi connectivity index (χ1v) is 6.22. The standard InChI is InChI=1S/C14H16N4O/c1-2-9-15-14(19)17-12-8-10-18(16-11-12)13-6-4-3-5-7-13/h3-8,10-11H,2,9H2,1H3,(H,15,19). The number of nitrogens with one attached hydrogen (secondary N) is 1. The summed E-state index contributed by atoms with van der Waals surface area (Å²) < 4.78 is 1.73. The summed E-state index contributed by atoms with van der Waals surface area (Å²) in [6, 6.07) is 11.2. The number of urea groups is 1. The van der Waals surface area contributed by atoms with E-state index in [1.54, 1.807) is 23.1 Å². The van der Waals surface area contributed by atoms with Crippen LogP contribution in [0, 0.1) is 0 Å². The van der Waals surface area contributed by atoms with Gasteiger partial charge in [0.25, 0.3) is 0 Å². The monoisotopic (exact) mass is 256 g/mol. The lowest BCUT2D eigenvalue weighted by Crippen LogP contribution is -2.23. The van der Waals surface area contributed by atoms with Crippen molar-refractivity contribution < 1.29 is 4.79 Å². The zero-order chi connectivity index (χ0) is 13.5. The number of para-hydroxylation sites is 1. The van der Waals surface area contributed by atoms with Crippen LogP contribution < -0.4 is 10.7 Å². The van der Waals surface area contributed by atoms with Gasteiger partial charge in [-0.25, -0.2) is 9.48 Å². The maximum Gasteiger partial charge on any atom is 0.341 e. The average Bonchev–Trinajstić information content (AvgIpc) is 2.47. The zero-order valence-corrected chi connectivity index (χ0v) is 10.8. The van der Waals surface area contributed by atoms with Gasteiger partial charge in [-0.2, -0.15) is 10.1 Å². The minimum absolute atomic E-state index is 0.332. The highest BCUT2D eigenvalue weighted by Gasteiger charge is 1.96. The molecule has 2 amide bonds. The lowest BCUT2D eigenvalue weighted by molar-refractivity contribution is 0.248. The van der Waals surface area contributed by atoms with Crippen LogP contribution in [0.25, 0.3) is 5.69 Å². The van der Waals surface area contributed by atoms with Crippen LogP contribution in [0.15, 0.2) is 53.8 Å². The molecule has 0 unspecified atom stereocenters. The van der Waals surface area contributed by atoms with Gasteiger partial charge in [0.05, 0.1) is 17.2 Å². The summed E-state index contributed by atoms with van der Waals surface area (Å²) in [7, 11) is 0. The van der Waals surface area contributed by atoms with E-state index in [1.165, 1.54) is 0 Å². The Morgan fingerprint density at radius 2 is 2.11 bits per heavy atom.